The van der Waals surface area contributed by atoms with Gasteiger partial charge in [-0.3, -0.25) is 4.79 Å². The Labute approximate surface area is 102 Å². The third-order valence-corrected chi connectivity index (χ3v) is 4.08. The highest BCUT2D eigenvalue weighted by Gasteiger charge is 2.44. The first kappa shape index (κ1) is 12.8. The maximum atomic E-state index is 11.3. The zero-order valence-corrected chi connectivity index (χ0v) is 10.5. The molecule has 1 N–H and O–H groups in total. The van der Waals surface area contributed by atoms with Crippen molar-refractivity contribution in [2.45, 2.75) is 44.6 Å². The maximum Gasteiger partial charge on any atom is 0.306 e. The number of hydrogen-bond donors (Lipinski definition) is 1. The van der Waals surface area contributed by atoms with E-state index in [4.69, 9.17) is 9.47 Å². The number of carboxylic acid groups (broad SMARTS) is 1. The number of carbonyl (C=O) groups is 1. The molecule has 2 fully saturated rings. The van der Waals surface area contributed by atoms with Crippen LogP contribution in [0.2, 0.25) is 0 Å². The van der Waals surface area contributed by atoms with Crippen LogP contribution in [0, 0.1) is 11.8 Å². The molecule has 0 aromatic carbocycles. The van der Waals surface area contributed by atoms with E-state index in [2.05, 4.69) is 0 Å². The molecule has 2 rings (SSSR count). The van der Waals surface area contributed by atoms with Crippen molar-refractivity contribution < 1.29 is 19.4 Å². The van der Waals surface area contributed by atoms with Crippen LogP contribution in [-0.4, -0.2) is 36.5 Å². The van der Waals surface area contributed by atoms with Gasteiger partial charge in [0.05, 0.1) is 18.1 Å². The van der Waals surface area contributed by atoms with Gasteiger partial charge in [-0.15, -0.1) is 0 Å². The third-order valence-electron chi connectivity index (χ3n) is 4.08. The highest BCUT2D eigenvalue weighted by Crippen LogP contribution is 2.39. The molecule has 2 heterocycles. The molecule has 1 spiro atoms. The molecule has 0 aliphatic carbocycles. The highest BCUT2D eigenvalue weighted by molar-refractivity contribution is 5.70. The molecule has 4 heteroatoms. The second kappa shape index (κ2) is 5.36. The van der Waals surface area contributed by atoms with Gasteiger partial charge >= 0.3 is 5.97 Å². The summed E-state index contributed by atoms with van der Waals surface area (Å²) in [5.41, 5.74) is -0.176. The summed E-state index contributed by atoms with van der Waals surface area (Å²) in [4.78, 5) is 11.3. The minimum Gasteiger partial charge on any atom is -0.481 e. The smallest absolute Gasteiger partial charge is 0.306 e. The lowest BCUT2D eigenvalue weighted by atomic mass is 9.76. The second-order valence-corrected chi connectivity index (χ2v) is 5.32. The first-order valence-corrected chi connectivity index (χ1v) is 6.61. The van der Waals surface area contributed by atoms with Gasteiger partial charge in [-0.25, -0.2) is 0 Å². The third kappa shape index (κ3) is 2.80. The van der Waals surface area contributed by atoms with Crippen LogP contribution in [0.15, 0.2) is 0 Å². The van der Waals surface area contributed by atoms with Crippen molar-refractivity contribution in [3.8, 4) is 0 Å². The Balaban J connectivity index is 2.02. The maximum absolute atomic E-state index is 11.3. The molecule has 0 aromatic rings. The molecule has 2 aliphatic rings. The summed E-state index contributed by atoms with van der Waals surface area (Å²) in [6, 6.07) is 0. The Hall–Kier alpha value is -0.610. The van der Waals surface area contributed by atoms with E-state index in [9.17, 15) is 9.90 Å². The minimum atomic E-state index is -0.646. The lowest BCUT2D eigenvalue weighted by Crippen LogP contribution is -2.43. The number of aliphatic carboxylic acids is 1. The van der Waals surface area contributed by atoms with Crippen molar-refractivity contribution in [2.75, 3.05) is 19.8 Å². The van der Waals surface area contributed by atoms with E-state index < -0.39 is 5.97 Å². The number of rotatable bonds is 4. The SMILES string of the molecule is CCCC(C(=O)O)C1CCOC2(CCOC2)C1. The predicted molar refractivity (Wildman–Crippen MR) is 62.9 cm³/mol. The number of ether oxygens (including phenoxy) is 2. The second-order valence-electron chi connectivity index (χ2n) is 5.32. The predicted octanol–water partition coefficient (Wildman–Crippen LogP) is 2.07. The molecule has 3 unspecified atom stereocenters. The van der Waals surface area contributed by atoms with Gasteiger partial charge in [0.1, 0.15) is 0 Å². The summed E-state index contributed by atoms with van der Waals surface area (Å²) in [7, 11) is 0. The quantitative estimate of drug-likeness (QED) is 0.820. The largest absolute Gasteiger partial charge is 0.481 e. The summed E-state index contributed by atoms with van der Waals surface area (Å²) in [5.74, 6) is -0.600. The van der Waals surface area contributed by atoms with Crippen molar-refractivity contribution >= 4 is 5.97 Å². The zero-order chi connectivity index (χ0) is 12.3. The molecular formula is C13H22O4. The Morgan fingerprint density at radius 3 is 2.94 bits per heavy atom. The molecule has 17 heavy (non-hydrogen) atoms. The highest BCUT2D eigenvalue weighted by atomic mass is 16.6. The van der Waals surface area contributed by atoms with Crippen LogP contribution in [0.1, 0.15) is 39.0 Å². The molecular weight excluding hydrogens is 220 g/mol. The first-order chi connectivity index (χ1) is 8.17. The lowest BCUT2D eigenvalue weighted by Gasteiger charge is -2.39. The van der Waals surface area contributed by atoms with Crippen molar-refractivity contribution in [3.63, 3.8) is 0 Å². The van der Waals surface area contributed by atoms with E-state index in [1.807, 2.05) is 6.92 Å². The standard InChI is InChI=1S/C13H22O4/c1-2-3-11(12(14)15)10-4-6-17-13(8-10)5-7-16-9-13/h10-11H,2-9H2,1H3,(H,14,15). The van der Waals surface area contributed by atoms with Gasteiger partial charge in [0, 0.05) is 19.6 Å². The van der Waals surface area contributed by atoms with E-state index in [-0.39, 0.29) is 17.4 Å². The Kier molecular flexibility index (Phi) is 4.05. The molecule has 2 saturated heterocycles. The Bertz CT molecular complexity index is 271. The van der Waals surface area contributed by atoms with Gasteiger partial charge in [0.2, 0.25) is 0 Å². The van der Waals surface area contributed by atoms with Crippen molar-refractivity contribution in [1.29, 1.82) is 0 Å². The van der Waals surface area contributed by atoms with Crippen LogP contribution in [0.3, 0.4) is 0 Å². The zero-order valence-electron chi connectivity index (χ0n) is 10.5. The van der Waals surface area contributed by atoms with Crippen molar-refractivity contribution in [2.24, 2.45) is 11.8 Å². The summed E-state index contributed by atoms with van der Waals surface area (Å²) in [6.45, 7) is 4.12. The van der Waals surface area contributed by atoms with E-state index >= 15 is 0 Å². The topological polar surface area (TPSA) is 55.8 Å². The summed E-state index contributed by atoms with van der Waals surface area (Å²) < 4.78 is 11.3. The van der Waals surface area contributed by atoms with Gasteiger partial charge < -0.3 is 14.6 Å². The van der Waals surface area contributed by atoms with E-state index in [1.54, 1.807) is 0 Å². The molecule has 0 radical (unpaired) electrons. The molecule has 98 valence electrons. The molecule has 4 nitrogen and oxygen atoms in total. The van der Waals surface area contributed by atoms with Crippen LogP contribution in [0.25, 0.3) is 0 Å². The van der Waals surface area contributed by atoms with Gasteiger partial charge in [-0.2, -0.15) is 0 Å². The van der Waals surface area contributed by atoms with Gasteiger partial charge in [0.25, 0.3) is 0 Å². The first-order valence-electron chi connectivity index (χ1n) is 6.61. The van der Waals surface area contributed by atoms with Crippen molar-refractivity contribution in [3.05, 3.63) is 0 Å². The molecule has 0 aromatic heterocycles. The average Bonchev–Trinajstić information content (AvgIpc) is 2.73. The Morgan fingerprint density at radius 1 is 1.53 bits per heavy atom. The van der Waals surface area contributed by atoms with E-state index in [0.29, 0.717) is 13.2 Å². The van der Waals surface area contributed by atoms with Crippen LogP contribution in [-0.2, 0) is 14.3 Å². The van der Waals surface area contributed by atoms with Crippen molar-refractivity contribution in [1.82, 2.24) is 0 Å². The summed E-state index contributed by atoms with van der Waals surface area (Å²) in [5, 5.41) is 9.32. The monoisotopic (exact) mass is 242 g/mol. The summed E-state index contributed by atoms with van der Waals surface area (Å²) in [6.07, 6.45) is 4.35. The fourth-order valence-electron chi connectivity index (χ4n) is 3.14. The molecule has 0 bridgehead atoms. The van der Waals surface area contributed by atoms with Gasteiger partial charge in [-0.1, -0.05) is 13.3 Å². The Morgan fingerprint density at radius 2 is 2.35 bits per heavy atom. The fourth-order valence-corrected chi connectivity index (χ4v) is 3.14. The lowest BCUT2D eigenvalue weighted by molar-refractivity contribution is -0.150. The molecule has 3 atom stereocenters. The van der Waals surface area contributed by atoms with Crippen LogP contribution in [0.4, 0.5) is 0 Å². The van der Waals surface area contributed by atoms with Crippen LogP contribution in [0.5, 0.6) is 0 Å². The number of hydrogen-bond acceptors (Lipinski definition) is 3. The van der Waals surface area contributed by atoms with Gasteiger partial charge in [-0.05, 0) is 25.2 Å². The summed E-state index contributed by atoms with van der Waals surface area (Å²) >= 11 is 0. The van der Waals surface area contributed by atoms with Gasteiger partial charge in [0.15, 0.2) is 0 Å². The average molecular weight is 242 g/mol. The van der Waals surface area contributed by atoms with E-state index in [1.165, 1.54) is 0 Å². The number of carboxylic acids is 1. The van der Waals surface area contributed by atoms with E-state index in [0.717, 1.165) is 38.7 Å². The fraction of sp³-hybridized carbons (Fsp3) is 0.923. The molecule has 0 amide bonds. The van der Waals surface area contributed by atoms with Crippen LogP contribution < -0.4 is 0 Å². The van der Waals surface area contributed by atoms with Crippen LogP contribution >= 0.6 is 0 Å². The minimum absolute atomic E-state index is 0.176. The molecule has 2 aliphatic heterocycles. The normalized spacial score (nSPS) is 35.0. The molecule has 0 saturated carbocycles.